The third kappa shape index (κ3) is 2.22. The van der Waals surface area contributed by atoms with Gasteiger partial charge in [-0.1, -0.05) is 12.1 Å². The van der Waals surface area contributed by atoms with Crippen LogP contribution in [0.3, 0.4) is 0 Å². The van der Waals surface area contributed by atoms with Gasteiger partial charge in [-0.2, -0.15) is 0 Å². The van der Waals surface area contributed by atoms with E-state index in [1.165, 1.54) is 12.8 Å². The molecular weight excluding hydrogens is 224 g/mol. The normalized spacial score (nSPS) is 18.7. The number of hydrogen-bond acceptors (Lipinski definition) is 2. The predicted molar refractivity (Wildman–Crippen MR) is 72.4 cm³/mol. The number of carbonyl (C=O) groups excluding carboxylic acids is 1. The van der Waals surface area contributed by atoms with Crippen molar-refractivity contribution in [2.75, 3.05) is 12.3 Å². The number of carbonyl (C=O) groups is 1. The average Bonchev–Trinajstić information content (AvgIpc) is 3.18. The number of hydrogen-bond donors (Lipinski definition) is 1. The minimum atomic E-state index is 0.139. The summed E-state index contributed by atoms with van der Waals surface area (Å²) in [6.07, 6.45) is 4.87. The van der Waals surface area contributed by atoms with E-state index in [1.807, 2.05) is 25.1 Å². The number of rotatable bonds is 4. The SMILES string of the molecule is Cc1cccc(N)c1C(=O)N(CC1CC1)C1CC1. The van der Waals surface area contributed by atoms with Crippen molar-refractivity contribution in [3.63, 3.8) is 0 Å². The third-order valence-corrected chi connectivity index (χ3v) is 3.92. The number of nitrogen functional groups attached to an aromatic ring is 1. The van der Waals surface area contributed by atoms with E-state index < -0.39 is 0 Å². The highest BCUT2D eigenvalue weighted by molar-refractivity contribution is 6.00. The molecule has 18 heavy (non-hydrogen) atoms. The van der Waals surface area contributed by atoms with Gasteiger partial charge in [-0.25, -0.2) is 0 Å². The molecule has 2 saturated carbocycles. The summed E-state index contributed by atoms with van der Waals surface area (Å²) in [5.74, 6) is 0.875. The van der Waals surface area contributed by atoms with Gasteiger partial charge in [0.2, 0.25) is 0 Å². The maximum absolute atomic E-state index is 12.7. The van der Waals surface area contributed by atoms with Gasteiger partial charge in [0.25, 0.3) is 5.91 Å². The first-order valence-electron chi connectivity index (χ1n) is 6.83. The Labute approximate surface area is 108 Å². The Morgan fingerprint density at radius 2 is 2.06 bits per heavy atom. The Bertz CT molecular complexity index is 455. The summed E-state index contributed by atoms with van der Waals surface area (Å²) in [5, 5.41) is 0. The van der Waals surface area contributed by atoms with E-state index in [9.17, 15) is 4.79 Å². The lowest BCUT2D eigenvalue weighted by molar-refractivity contribution is 0.0735. The second-order valence-corrected chi connectivity index (χ2v) is 5.67. The lowest BCUT2D eigenvalue weighted by atomic mass is 10.1. The van der Waals surface area contributed by atoms with Crippen molar-refractivity contribution in [2.24, 2.45) is 5.92 Å². The fourth-order valence-corrected chi connectivity index (χ4v) is 2.49. The first-order chi connectivity index (χ1) is 8.66. The number of amides is 1. The third-order valence-electron chi connectivity index (χ3n) is 3.92. The summed E-state index contributed by atoms with van der Waals surface area (Å²) in [4.78, 5) is 14.7. The van der Waals surface area contributed by atoms with Gasteiger partial charge < -0.3 is 10.6 Å². The first-order valence-corrected chi connectivity index (χ1v) is 6.83. The largest absolute Gasteiger partial charge is 0.398 e. The summed E-state index contributed by atoms with van der Waals surface area (Å²) >= 11 is 0. The molecule has 96 valence electrons. The van der Waals surface area contributed by atoms with Crippen LogP contribution in [0.25, 0.3) is 0 Å². The van der Waals surface area contributed by atoms with E-state index in [-0.39, 0.29) is 5.91 Å². The van der Waals surface area contributed by atoms with Gasteiger partial charge in [-0.3, -0.25) is 4.79 Å². The molecule has 0 radical (unpaired) electrons. The van der Waals surface area contributed by atoms with Crippen molar-refractivity contribution in [2.45, 2.75) is 38.6 Å². The van der Waals surface area contributed by atoms with Gasteiger partial charge in [0.15, 0.2) is 0 Å². The molecule has 3 rings (SSSR count). The zero-order chi connectivity index (χ0) is 12.7. The summed E-state index contributed by atoms with van der Waals surface area (Å²) in [6, 6.07) is 6.16. The summed E-state index contributed by atoms with van der Waals surface area (Å²) in [7, 11) is 0. The van der Waals surface area contributed by atoms with E-state index in [0.717, 1.165) is 30.9 Å². The molecule has 0 aromatic heterocycles. The highest BCUT2D eigenvalue weighted by Crippen LogP contribution is 2.36. The molecule has 0 spiro atoms. The fourth-order valence-electron chi connectivity index (χ4n) is 2.49. The van der Waals surface area contributed by atoms with Crippen molar-refractivity contribution in [3.8, 4) is 0 Å². The highest BCUT2D eigenvalue weighted by atomic mass is 16.2. The van der Waals surface area contributed by atoms with Gasteiger partial charge in [0.1, 0.15) is 0 Å². The summed E-state index contributed by atoms with van der Waals surface area (Å²) in [6.45, 7) is 2.89. The van der Waals surface area contributed by atoms with E-state index in [0.29, 0.717) is 17.3 Å². The van der Waals surface area contributed by atoms with Crippen molar-refractivity contribution in [1.82, 2.24) is 4.90 Å². The molecule has 0 saturated heterocycles. The van der Waals surface area contributed by atoms with Gasteiger partial charge in [-0.05, 0) is 50.2 Å². The molecule has 0 aliphatic heterocycles. The minimum absolute atomic E-state index is 0.139. The maximum Gasteiger partial charge on any atom is 0.256 e. The standard InChI is InChI=1S/C15H20N2O/c1-10-3-2-4-13(16)14(10)15(18)17(12-7-8-12)9-11-5-6-11/h2-4,11-12H,5-9,16H2,1H3. The Morgan fingerprint density at radius 3 is 2.61 bits per heavy atom. The summed E-state index contributed by atoms with van der Waals surface area (Å²) in [5.41, 5.74) is 8.29. The molecule has 0 unspecified atom stereocenters. The van der Waals surface area contributed by atoms with Crippen LogP contribution in [-0.2, 0) is 0 Å². The Kier molecular flexibility index (Phi) is 2.77. The second-order valence-electron chi connectivity index (χ2n) is 5.67. The van der Waals surface area contributed by atoms with Crippen LogP contribution in [-0.4, -0.2) is 23.4 Å². The quantitative estimate of drug-likeness (QED) is 0.827. The van der Waals surface area contributed by atoms with Crippen molar-refractivity contribution >= 4 is 11.6 Å². The van der Waals surface area contributed by atoms with Crippen LogP contribution in [0.4, 0.5) is 5.69 Å². The molecule has 1 aromatic carbocycles. The number of nitrogens with zero attached hydrogens (tertiary/aromatic N) is 1. The molecule has 2 fully saturated rings. The molecule has 1 aromatic rings. The highest BCUT2D eigenvalue weighted by Gasteiger charge is 2.37. The maximum atomic E-state index is 12.7. The molecule has 0 heterocycles. The number of aryl methyl sites for hydroxylation is 1. The molecule has 2 aliphatic carbocycles. The monoisotopic (exact) mass is 244 g/mol. The molecule has 3 nitrogen and oxygen atoms in total. The van der Waals surface area contributed by atoms with Gasteiger partial charge in [-0.15, -0.1) is 0 Å². The zero-order valence-corrected chi connectivity index (χ0v) is 10.9. The van der Waals surface area contributed by atoms with Crippen molar-refractivity contribution in [1.29, 1.82) is 0 Å². The molecular formula is C15H20N2O. The van der Waals surface area contributed by atoms with Crippen LogP contribution < -0.4 is 5.73 Å². The van der Waals surface area contributed by atoms with Crippen LogP contribution in [0.1, 0.15) is 41.6 Å². The molecule has 1 amide bonds. The second kappa shape index (κ2) is 4.30. The van der Waals surface area contributed by atoms with Gasteiger partial charge >= 0.3 is 0 Å². The minimum Gasteiger partial charge on any atom is -0.398 e. The molecule has 0 bridgehead atoms. The number of benzene rings is 1. The Balaban J connectivity index is 1.86. The van der Waals surface area contributed by atoms with E-state index >= 15 is 0 Å². The molecule has 3 heteroatoms. The topological polar surface area (TPSA) is 46.3 Å². The number of anilines is 1. The molecule has 2 aliphatic rings. The van der Waals surface area contributed by atoms with Crippen LogP contribution >= 0.6 is 0 Å². The fraction of sp³-hybridized carbons (Fsp3) is 0.533. The zero-order valence-electron chi connectivity index (χ0n) is 10.9. The van der Waals surface area contributed by atoms with Crippen LogP contribution in [0.2, 0.25) is 0 Å². The van der Waals surface area contributed by atoms with Crippen molar-refractivity contribution < 1.29 is 4.79 Å². The van der Waals surface area contributed by atoms with Crippen LogP contribution in [0.5, 0.6) is 0 Å². The first kappa shape index (κ1) is 11.6. The number of nitrogens with two attached hydrogens (primary N) is 1. The van der Waals surface area contributed by atoms with E-state index in [4.69, 9.17) is 5.73 Å². The molecule has 2 N–H and O–H groups in total. The summed E-state index contributed by atoms with van der Waals surface area (Å²) < 4.78 is 0. The predicted octanol–water partition coefficient (Wildman–Crippen LogP) is 2.59. The van der Waals surface area contributed by atoms with Crippen LogP contribution in [0, 0.1) is 12.8 Å². The van der Waals surface area contributed by atoms with Gasteiger partial charge in [0.05, 0.1) is 5.56 Å². The van der Waals surface area contributed by atoms with E-state index in [1.54, 1.807) is 0 Å². The Morgan fingerprint density at radius 1 is 1.33 bits per heavy atom. The lowest BCUT2D eigenvalue weighted by Crippen LogP contribution is -2.35. The van der Waals surface area contributed by atoms with Gasteiger partial charge in [0, 0.05) is 18.3 Å². The Hall–Kier alpha value is -1.51. The van der Waals surface area contributed by atoms with Crippen LogP contribution in [0.15, 0.2) is 18.2 Å². The smallest absolute Gasteiger partial charge is 0.256 e. The van der Waals surface area contributed by atoms with Crippen molar-refractivity contribution in [3.05, 3.63) is 29.3 Å². The molecule has 0 atom stereocenters. The average molecular weight is 244 g/mol. The lowest BCUT2D eigenvalue weighted by Gasteiger charge is -2.24. The van der Waals surface area contributed by atoms with E-state index in [2.05, 4.69) is 4.90 Å².